The van der Waals surface area contributed by atoms with Crippen LogP contribution in [0.5, 0.6) is 0 Å². The number of alkyl halides is 4. The third-order valence-electron chi connectivity index (χ3n) is 9.40. The highest BCUT2D eigenvalue weighted by atomic mass is 19.3. The third-order valence-corrected chi connectivity index (χ3v) is 9.40. The number of aliphatic hydroxyl groups is 1. The monoisotopic (exact) mass is 665 g/mol. The second-order valence-electron chi connectivity index (χ2n) is 13.6. The van der Waals surface area contributed by atoms with Crippen LogP contribution in [-0.2, 0) is 9.53 Å². The van der Waals surface area contributed by atoms with Crippen molar-refractivity contribution in [3.63, 3.8) is 0 Å². The maximum absolute atomic E-state index is 14.1. The van der Waals surface area contributed by atoms with Crippen molar-refractivity contribution in [2.45, 2.75) is 114 Å². The highest BCUT2D eigenvalue weighted by Gasteiger charge is 2.45. The van der Waals surface area contributed by atoms with E-state index in [1.54, 1.807) is 13.1 Å². The second-order valence-corrected chi connectivity index (χ2v) is 13.6. The van der Waals surface area contributed by atoms with E-state index in [-0.39, 0.29) is 75.1 Å². The highest BCUT2D eigenvalue weighted by molar-refractivity contribution is 5.91. The maximum atomic E-state index is 14.1. The number of fused-ring (bicyclic) bond motifs is 1. The van der Waals surface area contributed by atoms with Gasteiger partial charge >= 0.3 is 0 Å². The van der Waals surface area contributed by atoms with Gasteiger partial charge in [0.25, 0.3) is 23.5 Å². The van der Waals surface area contributed by atoms with Crippen LogP contribution < -0.4 is 5.32 Å². The van der Waals surface area contributed by atoms with Crippen LogP contribution in [0.2, 0.25) is 0 Å². The van der Waals surface area contributed by atoms with Gasteiger partial charge in [0, 0.05) is 38.3 Å². The molecule has 0 bridgehead atoms. The Balaban J connectivity index is 1.29. The van der Waals surface area contributed by atoms with E-state index >= 15 is 0 Å². The molecule has 4 atom stereocenters. The SMILES string of the molecule is CC(C)n1ncnc1C(=O)NC(c1cn2ncc(C3C[C@](C)(O)CCN3C(=O)C3CCC(F)(F)CO3)nc2n1)C1CCC(F)(F)CC1. The number of rotatable bonds is 7. The van der Waals surface area contributed by atoms with Crippen molar-refractivity contribution >= 4 is 17.6 Å². The van der Waals surface area contributed by atoms with Crippen molar-refractivity contribution in [3.8, 4) is 0 Å². The summed E-state index contributed by atoms with van der Waals surface area (Å²) < 4.78 is 63.8. The van der Waals surface area contributed by atoms with Crippen LogP contribution in [0, 0.1) is 5.92 Å². The zero-order valence-corrected chi connectivity index (χ0v) is 26.5. The largest absolute Gasteiger partial charge is 0.390 e. The van der Waals surface area contributed by atoms with E-state index in [1.807, 2.05) is 13.8 Å². The number of hydrogen-bond donors (Lipinski definition) is 2. The van der Waals surface area contributed by atoms with Gasteiger partial charge in [0.1, 0.15) is 19.0 Å². The molecule has 2 aliphatic heterocycles. The van der Waals surface area contributed by atoms with Gasteiger partial charge < -0.3 is 20.1 Å². The summed E-state index contributed by atoms with van der Waals surface area (Å²) in [5.41, 5.74) is -0.445. The van der Waals surface area contributed by atoms with E-state index in [9.17, 15) is 32.3 Å². The molecule has 6 rings (SSSR count). The predicted molar refractivity (Wildman–Crippen MR) is 157 cm³/mol. The lowest BCUT2D eigenvalue weighted by atomic mass is 9.81. The van der Waals surface area contributed by atoms with Gasteiger partial charge in [0.05, 0.1) is 41.5 Å². The minimum Gasteiger partial charge on any atom is -0.390 e. The number of aromatic nitrogens is 7. The van der Waals surface area contributed by atoms with E-state index in [0.29, 0.717) is 11.4 Å². The van der Waals surface area contributed by atoms with Crippen LogP contribution in [0.3, 0.4) is 0 Å². The summed E-state index contributed by atoms with van der Waals surface area (Å²) >= 11 is 0. The van der Waals surface area contributed by atoms with Crippen molar-refractivity contribution in [2.24, 2.45) is 5.92 Å². The average molecular weight is 666 g/mol. The Morgan fingerprint density at radius 3 is 2.45 bits per heavy atom. The summed E-state index contributed by atoms with van der Waals surface area (Å²) in [6.45, 7) is 4.67. The van der Waals surface area contributed by atoms with Crippen molar-refractivity contribution in [1.82, 2.24) is 44.6 Å². The lowest BCUT2D eigenvalue weighted by molar-refractivity contribution is -0.175. The Labute approximate surface area is 268 Å². The molecule has 0 radical (unpaired) electrons. The quantitative estimate of drug-likeness (QED) is 0.359. The predicted octanol–water partition coefficient (Wildman–Crippen LogP) is 3.82. The zero-order chi connectivity index (χ0) is 33.7. The van der Waals surface area contributed by atoms with E-state index in [0.717, 1.165) is 0 Å². The molecule has 3 fully saturated rings. The fourth-order valence-electron chi connectivity index (χ4n) is 6.72. The number of nitrogens with zero attached hydrogens (tertiary/aromatic N) is 8. The molecule has 1 aliphatic carbocycles. The summed E-state index contributed by atoms with van der Waals surface area (Å²) in [6, 6.07) is -1.66. The first-order chi connectivity index (χ1) is 22.1. The normalized spacial score (nSPS) is 27.2. The molecule has 3 aromatic heterocycles. The Morgan fingerprint density at radius 1 is 1.04 bits per heavy atom. The average Bonchev–Trinajstić information content (AvgIpc) is 3.67. The number of ether oxygens (including phenoxy) is 1. The number of carbonyl (C=O) groups excluding carboxylic acids is 2. The molecule has 256 valence electrons. The van der Waals surface area contributed by atoms with Crippen molar-refractivity contribution in [1.29, 1.82) is 0 Å². The number of likely N-dealkylation sites (tertiary alicyclic amines) is 1. The topological polar surface area (TPSA) is 153 Å². The molecule has 2 N–H and O–H groups in total. The molecular weight excluding hydrogens is 626 g/mol. The molecule has 3 aromatic rings. The molecule has 3 unspecified atom stereocenters. The van der Waals surface area contributed by atoms with Crippen molar-refractivity contribution in [2.75, 3.05) is 13.2 Å². The Kier molecular flexibility index (Phi) is 8.74. The Bertz CT molecular complexity index is 1610. The number of piperidine rings is 1. The first-order valence-electron chi connectivity index (χ1n) is 15.9. The molecule has 13 nitrogen and oxygen atoms in total. The first kappa shape index (κ1) is 33.2. The number of halogens is 4. The molecule has 3 aliphatic rings. The maximum Gasteiger partial charge on any atom is 0.289 e. The molecule has 5 heterocycles. The molecule has 17 heteroatoms. The smallest absolute Gasteiger partial charge is 0.289 e. The van der Waals surface area contributed by atoms with Gasteiger partial charge in [0.2, 0.25) is 11.7 Å². The van der Waals surface area contributed by atoms with Crippen LogP contribution in [0.1, 0.15) is 112 Å². The summed E-state index contributed by atoms with van der Waals surface area (Å²) in [5, 5.41) is 22.5. The van der Waals surface area contributed by atoms with E-state index < -0.39 is 60.5 Å². The van der Waals surface area contributed by atoms with E-state index in [2.05, 4.69) is 30.5 Å². The molecule has 0 spiro atoms. The molecular formula is C30H39F4N9O4. The van der Waals surface area contributed by atoms with Gasteiger partial charge in [-0.15, -0.1) is 0 Å². The van der Waals surface area contributed by atoms with Crippen LogP contribution in [0.4, 0.5) is 17.6 Å². The van der Waals surface area contributed by atoms with Crippen LogP contribution in [-0.4, -0.2) is 92.9 Å². The third kappa shape index (κ3) is 7.10. The van der Waals surface area contributed by atoms with Crippen molar-refractivity contribution < 1.29 is 37.0 Å². The Hall–Kier alpha value is -3.73. The van der Waals surface area contributed by atoms with Gasteiger partial charge in [0.15, 0.2) is 0 Å². The summed E-state index contributed by atoms with van der Waals surface area (Å²) in [5.74, 6) is -6.91. The van der Waals surface area contributed by atoms with Gasteiger partial charge in [-0.2, -0.15) is 10.2 Å². The second kappa shape index (κ2) is 12.4. The van der Waals surface area contributed by atoms with E-state index in [1.165, 1.54) is 26.6 Å². The Morgan fingerprint density at radius 2 is 1.77 bits per heavy atom. The lowest BCUT2D eigenvalue weighted by Gasteiger charge is -2.43. The number of imidazole rings is 1. The van der Waals surface area contributed by atoms with Gasteiger partial charge in [-0.05, 0) is 52.4 Å². The number of hydrogen-bond acceptors (Lipinski definition) is 9. The summed E-state index contributed by atoms with van der Waals surface area (Å²) in [7, 11) is 0. The minimum absolute atomic E-state index is 0.0770. The fourth-order valence-corrected chi connectivity index (χ4v) is 6.72. The molecule has 0 aromatic carbocycles. The van der Waals surface area contributed by atoms with Crippen LogP contribution >= 0.6 is 0 Å². The van der Waals surface area contributed by atoms with E-state index in [4.69, 9.17) is 4.74 Å². The van der Waals surface area contributed by atoms with Crippen LogP contribution in [0.15, 0.2) is 18.7 Å². The van der Waals surface area contributed by atoms with Crippen LogP contribution in [0.25, 0.3) is 5.78 Å². The standard InChI is InChI=1S/C30H39F4N9O4/c1-17(2)43-24(35-16-37-43)25(44)40-23(18-4-7-29(31,32)8-5-18)20-14-42-27(39-20)38-19(13-36-42)21-12-28(3,46)10-11-41(21)26(45)22-6-9-30(33,34)15-47-22/h13-14,16-18,21-23,46H,4-12,15H2,1-3H3,(H,40,44)/t21?,22?,23?,28-/m1/s1. The minimum atomic E-state index is -2.99. The summed E-state index contributed by atoms with van der Waals surface area (Å²) in [6.07, 6.45) is 2.70. The molecule has 47 heavy (non-hydrogen) atoms. The molecule has 1 saturated carbocycles. The van der Waals surface area contributed by atoms with Gasteiger partial charge in [-0.25, -0.2) is 41.7 Å². The first-order valence-corrected chi connectivity index (χ1v) is 15.9. The number of carbonyl (C=O) groups is 2. The molecule has 2 saturated heterocycles. The number of amides is 2. The lowest BCUT2D eigenvalue weighted by Crippen LogP contribution is -2.52. The highest BCUT2D eigenvalue weighted by Crippen LogP contribution is 2.42. The van der Waals surface area contributed by atoms with Gasteiger partial charge in [-0.1, -0.05) is 0 Å². The molecule has 2 amide bonds. The number of nitrogens with one attached hydrogen (secondary N) is 1. The fraction of sp³-hybridized carbons (Fsp3) is 0.700. The zero-order valence-electron chi connectivity index (χ0n) is 26.5. The summed E-state index contributed by atoms with van der Waals surface area (Å²) in [4.78, 5) is 41.8. The van der Waals surface area contributed by atoms with Gasteiger partial charge in [-0.3, -0.25) is 9.59 Å². The van der Waals surface area contributed by atoms with Crippen molar-refractivity contribution in [3.05, 3.63) is 35.9 Å².